The molecule has 1 saturated heterocycles. The molecule has 7 rings (SSSR count). The van der Waals surface area contributed by atoms with Crippen molar-refractivity contribution in [3.05, 3.63) is 69.8 Å². The third-order valence-electron chi connectivity index (χ3n) is 8.55. The summed E-state index contributed by atoms with van der Waals surface area (Å²) in [5.41, 5.74) is 4.01. The van der Waals surface area contributed by atoms with Crippen LogP contribution in [0.5, 0.6) is 5.75 Å². The van der Waals surface area contributed by atoms with Crippen LogP contribution in [0.25, 0.3) is 28.2 Å². The Kier molecular flexibility index (Phi) is 7.28. The van der Waals surface area contributed by atoms with Crippen molar-refractivity contribution in [2.75, 3.05) is 18.0 Å². The Labute approximate surface area is 253 Å². The molecule has 1 N–H and O–H groups in total. The summed E-state index contributed by atoms with van der Waals surface area (Å²) in [7, 11) is 0. The number of piperidine rings is 1. The van der Waals surface area contributed by atoms with E-state index in [1.54, 1.807) is 18.5 Å². The van der Waals surface area contributed by atoms with Gasteiger partial charge in [0.05, 0.1) is 21.7 Å². The molecule has 3 aromatic heterocycles. The van der Waals surface area contributed by atoms with Crippen molar-refractivity contribution in [3.8, 4) is 17.0 Å². The number of hydrogen-bond acceptors (Lipinski definition) is 7. The molecule has 2 aliphatic carbocycles. The van der Waals surface area contributed by atoms with Gasteiger partial charge in [-0.3, -0.25) is 4.98 Å². The molecule has 3 aliphatic rings. The lowest BCUT2D eigenvalue weighted by Crippen LogP contribution is -2.33. The predicted molar refractivity (Wildman–Crippen MR) is 163 cm³/mol. The van der Waals surface area contributed by atoms with Gasteiger partial charge >= 0.3 is 5.97 Å². The van der Waals surface area contributed by atoms with E-state index in [4.69, 9.17) is 32.5 Å². The van der Waals surface area contributed by atoms with Gasteiger partial charge in [0.25, 0.3) is 0 Å². The Morgan fingerprint density at radius 1 is 1.05 bits per heavy atom. The molecule has 10 heteroatoms. The molecule has 42 heavy (non-hydrogen) atoms. The molecule has 3 fully saturated rings. The van der Waals surface area contributed by atoms with E-state index in [0.717, 1.165) is 80.4 Å². The van der Waals surface area contributed by atoms with Crippen LogP contribution in [0, 0.1) is 5.92 Å². The minimum Gasteiger partial charge on any atom is -0.490 e. The fraction of sp³-hybridized carbons (Fsp3) is 0.375. The number of benzene rings is 1. The van der Waals surface area contributed by atoms with Crippen molar-refractivity contribution in [1.29, 1.82) is 0 Å². The first-order valence-electron chi connectivity index (χ1n) is 14.5. The smallest absolute Gasteiger partial charge is 0.354 e. The zero-order valence-electron chi connectivity index (χ0n) is 22.9. The molecule has 0 unspecified atom stereocenters. The molecule has 1 aliphatic heterocycles. The summed E-state index contributed by atoms with van der Waals surface area (Å²) < 4.78 is 12.0. The first-order chi connectivity index (χ1) is 20.4. The first kappa shape index (κ1) is 27.2. The van der Waals surface area contributed by atoms with Gasteiger partial charge in [0.15, 0.2) is 5.69 Å². The SMILES string of the molecule is O=C(O)c1cc(OC2CCC2)c2cc(N3CCC(/C=C/c4c(-c5c(Cl)cncc5Cl)noc4C4CC4)CC3)ccc2n1. The largest absolute Gasteiger partial charge is 0.490 e. The summed E-state index contributed by atoms with van der Waals surface area (Å²) in [6, 6.07) is 7.58. The number of hydrogen-bond donors (Lipinski definition) is 1. The zero-order valence-corrected chi connectivity index (χ0v) is 24.4. The van der Waals surface area contributed by atoms with Gasteiger partial charge in [0, 0.05) is 59.7 Å². The van der Waals surface area contributed by atoms with Gasteiger partial charge < -0.3 is 19.3 Å². The molecule has 4 heterocycles. The van der Waals surface area contributed by atoms with Gasteiger partial charge in [-0.05, 0) is 69.1 Å². The highest BCUT2D eigenvalue weighted by molar-refractivity contribution is 6.39. The van der Waals surface area contributed by atoms with E-state index in [2.05, 4.69) is 38.2 Å². The van der Waals surface area contributed by atoms with Gasteiger partial charge in [-0.15, -0.1) is 0 Å². The van der Waals surface area contributed by atoms with Crippen LogP contribution in [0.1, 0.15) is 72.7 Å². The second-order valence-electron chi connectivity index (χ2n) is 11.4. The quantitative estimate of drug-likeness (QED) is 0.215. The number of carbonyl (C=O) groups is 1. The normalized spacial score (nSPS) is 18.1. The summed E-state index contributed by atoms with van der Waals surface area (Å²) in [5, 5.41) is 15.7. The molecule has 216 valence electrons. The van der Waals surface area contributed by atoms with E-state index < -0.39 is 5.97 Å². The molecule has 1 aromatic carbocycles. The summed E-state index contributed by atoms with van der Waals surface area (Å²) >= 11 is 12.9. The van der Waals surface area contributed by atoms with Crippen molar-refractivity contribution in [1.82, 2.24) is 15.1 Å². The van der Waals surface area contributed by atoms with Crippen molar-refractivity contribution in [3.63, 3.8) is 0 Å². The van der Waals surface area contributed by atoms with Crippen LogP contribution in [-0.2, 0) is 0 Å². The second kappa shape index (κ2) is 11.2. The highest BCUT2D eigenvalue weighted by atomic mass is 35.5. The minimum atomic E-state index is -1.05. The number of aromatic carboxylic acids is 1. The van der Waals surface area contributed by atoms with Crippen molar-refractivity contribution in [2.24, 2.45) is 5.92 Å². The number of nitrogens with zero attached hydrogens (tertiary/aromatic N) is 4. The van der Waals surface area contributed by atoms with Crippen LogP contribution in [0.4, 0.5) is 5.69 Å². The molecular weight excluding hydrogens is 575 g/mol. The maximum absolute atomic E-state index is 11.7. The fourth-order valence-electron chi connectivity index (χ4n) is 5.77. The lowest BCUT2D eigenvalue weighted by atomic mass is 9.94. The van der Waals surface area contributed by atoms with Gasteiger partial charge in [0.1, 0.15) is 17.2 Å². The first-order valence-corrected chi connectivity index (χ1v) is 15.3. The van der Waals surface area contributed by atoms with Crippen LogP contribution >= 0.6 is 23.2 Å². The third-order valence-corrected chi connectivity index (χ3v) is 9.13. The van der Waals surface area contributed by atoms with Crippen LogP contribution < -0.4 is 9.64 Å². The molecule has 0 spiro atoms. The number of halogens is 2. The zero-order chi connectivity index (χ0) is 28.8. The van der Waals surface area contributed by atoms with Gasteiger partial charge in [-0.2, -0.15) is 0 Å². The van der Waals surface area contributed by atoms with Gasteiger partial charge in [-0.1, -0.05) is 40.5 Å². The van der Waals surface area contributed by atoms with E-state index >= 15 is 0 Å². The van der Waals surface area contributed by atoms with E-state index in [9.17, 15) is 9.90 Å². The third kappa shape index (κ3) is 5.34. The Hall–Kier alpha value is -3.62. The number of aromatic nitrogens is 3. The van der Waals surface area contributed by atoms with Crippen LogP contribution in [-0.4, -0.2) is 45.4 Å². The highest BCUT2D eigenvalue weighted by Gasteiger charge is 2.33. The minimum absolute atomic E-state index is 0.00599. The summed E-state index contributed by atoms with van der Waals surface area (Å²) in [6.45, 7) is 1.79. The molecular formula is C32H30Cl2N4O4. The average Bonchev–Trinajstić information content (AvgIpc) is 3.73. The van der Waals surface area contributed by atoms with Crippen LogP contribution in [0.3, 0.4) is 0 Å². The number of allylic oxidation sites excluding steroid dienone is 1. The number of carboxylic acid groups (broad SMARTS) is 1. The standard InChI is InChI=1S/C32H30Cl2N4O4/c33-24-16-35-17-25(34)29(24)30-22(31(42-37-30)19-5-6-19)8-4-18-10-12-38(13-11-18)20-7-9-26-23(14-20)28(41-21-2-1-3-21)15-27(36-26)32(39)40/h4,7-9,14-19,21H,1-3,5-6,10-13H2,(H,39,40)/b8-4+. The number of fused-ring (bicyclic) bond motifs is 1. The maximum atomic E-state index is 11.7. The second-order valence-corrected chi connectivity index (χ2v) is 12.2. The molecule has 0 radical (unpaired) electrons. The average molecular weight is 606 g/mol. The Morgan fingerprint density at radius 3 is 2.48 bits per heavy atom. The number of carboxylic acids is 1. The lowest BCUT2D eigenvalue weighted by molar-refractivity contribution is 0.0689. The topological polar surface area (TPSA) is 102 Å². The Morgan fingerprint density at radius 2 is 1.81 bits per heavy atom. The van der Waals surface area contributed by atoms with E-state index in [0.29, 0.717) is 44.4 Å². The number of rotatable bonds is 8. The maximum Gasteiger partial charge on any atom is 0.354 e. The molecule has 2 saturated carbocycles. The van der Waals surface area contributed by atoms with Gasteiger partial charge in [0.2, 0.25) is 0 Å². The van der Waals surface area contributed by atoms with Crippen molar-refractivity contribution in [2.45, 2.75) is 57.0 Å². The van der Waals surface area contributed by atoms with E-state index in [-0.39, 0.29) is 11.8 Å². The number of ether oxygens (including phenoxy) is 1. The van der Waals surface area contributed by atoms with Crippen molar-refractivity contribution < 1.29 is 19.2 Å². The van der Waals surface area contributed by atoms with E-state index in [1.807, 2.05) is 12.1 Å². The van der Waals surface area contributed by atoms with Crippen molar-refractivity contribution >= 4 is 51.8 Å². The fourth-order valence-corrected chi connectivity index (χ4v) is 6.31. The summed E-state index contributed by atoms with van der Waals surface area (Å²) in [5.74, 6) is 1.24. The predicted octanol–water partition coefficient (Wildman–Crippen LogP) is 8.03. The number of pyridine rings is 2. The van der Waals surface area contributed by atoms with Gasteiger partial charge in [-0.25, -0.2) is 9.78 Å². The van der Waals surface area contributed by atoms with Crippen LogP contribution in [0.15, 0.2) is 47.3 Å². The Bertz CT molecular complexity index is 1670. The molecule has 0 amide bonds. The molecule has 8 nitrogen and oxygen atoms in total. The molecule has 0 atom stereocenters. The highest BCUT2D eigenvalue weighted by Crippen LogP contribution is 2.46. The number of anilines is 1. The summed E-state index contributed by atoms with van der Waals surface area (Å²) in [6.07, 6.45) is 15.0. The lowest BCUT2D eigenvalue weighted by Gasteiger charge is -2.33. The molecule has 0 bridgehead atoms. The Balaban J connectivity index is 1.10. The molecule has 4 aromatic rings. The monoisotopic (exact) mass is 604 g/mol. The van der Waals surface area contributed by atoms with E-state index in [1.165, 1.54) is 0 Å². The van der Waals surface area contributed by atoms with Crippen LogP contribution in [0.2, 0.25) is 10.0 Å². The summed E-state index contributed by atoms with van der Waals surface area (Å²) in [4.78, 5) is 22.5.